The number of carbonyl (C=O) groups is 4. The van der Waals surface area contributed by atoms with E-state index in [2.05, 4.69) is 34.6 Å². The molecule has 462 valence electrons. The second-order valence-corrected chi connectivity index (χ2v) is 24.8. The minimum absolute atomic E-state index is 0.102. The Balaban J connectivity index is 5.22. The lowest BCUT2D eigenvalue weighted by atomic mass is 10.0. The second-order valence-electron chi connectivity index (χ2n) is 21.9. The van der Waals surface area contributed by atoms with E-state index in [0.29, 0.717) is 31.6 Å². The number of esters is 4. The van der Waals surface area contributed by atoms with Gasteiger partial charge in [-0.15, -0.1) is 0 Å². The minimum atomic E-state index is -4.94. The number of aliphatic hydroxyl groups is 1. The molecule has 0 bridgehead atoms. The normalized spacial score (nSPS) is 14.4. The summed E-state index contributed by atoms with van der Waals surface area (Å²) < 4.78 is 67.7. The van der Waals surface area contributed by atoms with Crippen LogP contribution in [0.15, 0.2) is 0 Å². The van der Waals surface area contributed by atoms with Crippen LogP contribution in [0, 0.1) is 5.92 Å². The van der Waals surface area contributed by atoms with Crippen LogP contribution in [0.2, 0.25) is 0 Å². The Morgan fingerprint density at radius 1 is 0.346 bits per heavy atom. The van der Waals surface area contributed by atoms with E-state index in [4.69, 9.17) is 37.0 Å². The summed E-state index contributed by atoms with van der Waals surface area (Å²) in [5.41, 5.74) is 0. The summed E-state index contributed by atoms with van der Waals surface area (Å²) in [5.74, 6) is -1.48. The first kappa shape index (κ1) is 76.1. The van der Waals surface area contributed by atoms with Crippen molar-refractivity contribution in [2.24, 2.45) is 5.92 Å². The van der Waals surface area contributed by atoms with Crippen molar-refractivity contribution in [3.8, 4) is 0 Å². The van der Waals surface area contributed by atoms with E-state index in [1.807, 2.05) is 0 Å². The molecule has 2 unspecified atom stereocenters. The number of aliphatic hydroxyl groups excluding tert-OH is 1. The fourth-order valence-corrected chi connectivity index (χ4v) is 10.3. The lowest BCUT2D eigenvalue weighted by Gasteiger charge is -2.21. The first-order valence-electron chi connectivity index (χ1n) is 31.1. The summed E-state index contributed by atoms with van der Waals surface area (Å²) >= 11 is 0. The lowest BCUT2D eigenvalue weighted by molar-refractivity contribution is -0.161. The molecule has 0 amide bonds. The number of hydrogen-bond acceptors (Lipinski definition) is 15. The van der Waals surface area contributed by atoms with Gasteiger partial charge in [-0.05, 0) is 31.6 Å². The van der Waals surface area contributed by atoms with Gasteiger partial charge in [0.25, 0.3) is 0 Å². The third kappa shape index (κ3) is 53.4. The van der Waals surface area contributed by atoms with Gasteiger partial charge in [-0.2, -0.15) is 0 Å². The lowest BCUT2D eigenvalue weighted by Crippen LogP contribution is -2.30. The van der Waals surface area contributed by atoms with Crippen molar-refractivity contribution in [2.45, 2.75) is 310 Å². The Kier molecular flexibility index (Phi) is 51.8. The smallest absolute Gasteiger partial charge is 0.462 e. The van der Waals surface area contributed by atoms with Gasteiger partial charge in [0.2, 0.25) is 0 Å². The molecule has 0 saturated carbocycles. The molecule has 0 fully saturated rings. The molecule has 0 aliphatic heterocycles. The summed E-state index contributed by atoms with van der Waals surface area (Å²) in [5, 5.41) is 10.5. The Bertz CT molecular complexity index is 1530. The number of hydrogen-bond donors (Lipinski definition) is 3. The Morgan fingerprint density at radius 3 is 0.872 bits per heavy atom. The zero-order valence-corrected chi connectivity index (χ0v) is 51.6. The number of rotatable bonds is 59. The molecule has 0 radical (unpaired) electrons. The predicted molar refractivity (Wildman–Crippen MR) is 308 cm³/mol. The first-order valence-corrected chi connectivity index (χ1v) is 34.1. The molecular weight excluding hydrogens is 1040 g/mol. The molecule has 0 spiro atoms. The fourth-order valence-electron chi connectivity index (χ4n) is 8.70. The monoisotopic (exact) mass is 1160 g/mol. The molecule has 5 atom stereocenters. The van der Waals surface area contributed by atoms with Gasteiger partial charge in [0, 0.05) is 25.7 Å². The van der Waals surface area contributed by atoms with Crippen molar-refractivity contribution < 1.29 is 80.2 Å². The van der Waals surface area contributed by atoms with Crippen LogP contribution in [-0.2, 0) is 65.4 Å². The maximum atomic E-state index is 12.9. The first-order chi connectivity index (χ1) is 37.5. The van der Waals surface area contributed by atoms with Crippen LogP contribution < -0.4 is 0 Å². The molecule has 0 aromatic rings. The maximum Gasteiger partial charge on any atom is 0.472 e. The van der Waals surface area contributed by atoms with Gasteiger partial charge in [0.05, 0.1) is 26.4 Å². The van der Waals surface area contributed by atoms with Crippen molar-refractivity contribution in [3.05, 3.63) is 0 Å². The quantitative estimate of drug-likeness (QED) is 0.0222. The zero-order chi connectivity index (χ0) is 57.8. The van der Waals surface area contributed by atoms with E-state index >= 15 is 0 Å². The van der Waals surface area contributed by atoms with Crippen molar-refractivity contribution in [1.82, 2.24) is 0 Å². The molecule has 3 N–H and O–H groups in total. The van der Waals surface area contributed by atoms with Crippen molar-refractivity contribution in [3.63, 3.8) is 0 Å². The molecule has 19 heteroatoms. The van der Waals surface area contributed by atoms with Crippen LogP contribution in [0.25, 0.3) is 0 Å². The van der Waals surface area contributed by atoms with Gasteiger partial charge in [-0.1, -0.05) is 240 Å². The number of unbranched alkanes of at least 4 members (excludes halogenated alkanes) is 31. The van der Waals surface area contributed by atoms with E-state index in [-0.39, 0.29) is 25.7 Å². The van der Waals surface area contributed by atoms with Crippen molar-refractivity contribution >= 4 is 39.5 Å². The molecule has 0 aromatic heterocycles. The van der Waals surface area contributed by atoms with E-state index in [0.717, 1.165) is 89.9 Å². The molecule has 0 saturated heterocycles. The van der Waals surface area contributed by atoms with Crippen LogP contribution in [-0.4, -0.2) is 96.7 Å². The van der Waals surface area contributed by atoms with Gasteiger partial charge in [0.15, 0.2) is 12.2 Å². The highest BCUT2D eigenvalue weighted by molar-refractivity contribution is 7.47. The summed E-state index contributed by atoms with van der Waals surface area (Å²) in [6.45, 7) is 7.03. The molecule has 78 heavy (non-hydrogen) atoms. The number of phosphoric acid groups is 2. The average molecular weight is 1160 g/mol. The van der Waals surface area contributed by atoms with Crippen LogP contribution in [0.5, 0.6) is 0 Å². The summed E-state index contributed by atoms with van der Waals surface area (Å²) in [4.78, 5) is 71.8. The Labute approximate surface area is 473 Å². The second kappa shape index (κ2) is 53.1. The Morgan fingerprint density at radius 2 is 0.590 bits per heavy atom. The van der Waals surface area contributed by atoms with Crippen LogP contribution in [0.1, 0.15) is 291 Å². The van der Waals surface area contributed by atoms with Crippen LogP contribution >= 0.6 is 15.6 Å². The summed E-state index contributed by atoms with van der Waals surface area (Å²) in [6, 6.07) is 0. The minimum Gasteiger partial charge on any atom is -0.462 e. The number of carbonyl (C=O) groups excluding carboxylic acids is 4. The van der Waals surface area contributed by atoms with Crippen LogP contribution in [0.3, 0.4) is 0 Å². The third-order valence-electron chi connectivity index (χ3n) is 13.5. The van der Waals surface area contributed by atoms with Crippen molar-refractivity contribution in [1.29, 1.82) is 0 Å². The topological polar surface area (TPSA) is 237 Å². The van der Waals surface area contributed by atoms with Gasteiger partial charge < -0.3 is 33.8 Å². The van der Waals surface area contributed by atoms with Crippen molar-refractivity contribution in [2.75, 3.05) is 39.6 Å². The predicted octanol–water partition coefficient (Wildman–Crippen LogP) is 15.8. The molecule has 0 rings (SSSR count). The van der Waals surface area contributed by atoms with E-state index in [1.54, 1.807) is 0 Å². The Hall–Kier alpha value is -1.94. The van der Waals surface area contributed by atoms with E-state index in [1.165, 1.54) is 116 Å². The summed E-state index contributed by atoms with van der Waals surface area (Å²) in [7, 11) is -9.87. The standard InChI is InChI=1S/C59H114O17P2/c1-6-9-12-15-18-21-24-27-33-38-43-57(62)70-48-54(75-58(63)44-39-34-28-25-22-19-16-13-10-7-2)50-73-77(65,66)71-46-53(60)47-72-78(67,68)74-51-55(76-59(64)45-40-35-30-29-31-36-41-52(4)5)49-69-56(61)42-37-32-26-23-20-17-14-11-8-3/h52-55,60H,6-51H2,1-5H3,(H,65,66)(H,67,68)/t53-,54-,55-/m1/s1. The molecule has 0 aliphatic rings. The molecular formula is C59H114O17P2. The molecule has 0 aromatic carbocycles. The van der Waals surface area contributed by atoms with Gasteiger partial charge >= 0.3 is 39.5 Å². The summed E-state index contributed by atoms with van der Waals surface area (Å²) in [6.07, 6.45) is 34.9. The highest BCUT2D eigenvalue weighted by atomic mass is 31.2. The number of phosphoric ester groups is 2. The largest absolute Gasteiger partial charge is 0.472 e. The van der Waals surface area contributed by atoms with E-state index < -0.39 is 97.5 Å². The SMILES string of the molecule is CCCCCCCCCCCCC(=O)OC[C@H](COP(=O)(O)OC[C@@H](O)COP(=O)(O)OC[C@@H](COC(=O)CCCCCCCCCCC)OC(=O)CCCCCCCCC(C)C)OC(=O)CCCCCCCCCCCC. The van der Waals surface area contributed by atoms with Gasteiger partial charge in [0.1, 0.15) is 19.3 Å². The van der Waals surface area contributed by atoms with Crippen LogP contribution in [0.4, 0.5) is 0 Å². The number of ether oxygens (including phenoxy) is 4. The zero-order valence-electron chi connectivity index (χ0n) is 49.8. The fraction of sp³-hybridized carbons (Fsp3) is 0.932. The molecule has 0 aliphatic carbocycles. The van der Waals surface area contributed by atoms with Gasteiger partial charge in [-0.25, -0.2) is 9.13 Å². The molecule has 17 nitrogen and oxygen atoms in total. The average Bonchev–Trinajstić information content (AvgIpc) is 3.40. The van der Waals surface area contributed by atoms with E-state index in [9.17, 15) is 43.2 Å². The maximum absolute atomic E-state index is 12.9. The highest BCUT2D eigenvalue weighted by Crippen LogP contribution is 2.45. The molecule has 0 heterocycles. The highest BCUT2D eigenvalue weighted by Gasteiger charge is 2.30. The van der Waals surface area contributed by atoms with Gasteiger partial charge in [-0.3, -0.25) is 37.3 Å². The third-order valence-corrected chi connectivity index (χ3v) is 15.4.